The third kappa shape index (κ3) is 3.84. The average Bonchev–Trinajstić information content (AvgIpc) is 2.95. The van der Waals surface area contributed by atoms with Crippen LogP contribution in [0.4, 0.5) is 0 Å². The van der Waals surface area contributed by atoms with Crippen molar-refractivity contribution >= 4 is 0 Å². The lowest BCUT2D eigenvalue weighted by Gasteiger charge is -2.12. The molecular formula is C15H27N3. The molecule has 0 spiro atoms. The molecule has 1 aliphatic carbocycles. The zero-order valence-corrected chi connectivity index (χ0v) is 11.8. The standard InChI is InChI=1S/C15H27N3/c1-12(2)7-8-13(16)11-14-9-10-18(17-14)15-5-3-4-6-15/h9-10,12-13,15H,3-8,11,16H2,1-2H3. The van der Waals surface area contributed by atoms with E-state index in [1.165, 1.54) is 32.1 Å². The molecule has 1 aromatic heterocycles. The van der Waals surface area contributed by atoms with Gasteiger partial charge in [0.1, 0.15) is 0 Å². The second-order valence-electron chi connectivity index (χ2n) is 6.16. The maximum Gasteiger partial charge on any atom is 0.0640 e. The molecule has 0 aliphatic heterocycles. The van der Waals surface area contributed by atoms with E-state index in [2.05, 4.69) is 30.8 Å². The van der Waals surface area contributed by atoms with Crippen molar-refractivity contribution in [3.63, 3.8) is 0 Å². The van der Waals surface area contributed by atoms with Crippen LogP contribution in [0.1, 0.15) is 64.1 Å². The summed E-state index contributed by atoms with van der Waals surface area (Å²) in [5, 5.41) is 4.70. The molecule has 1 aromatic rings. The Labute approximate surface area is 111 Å². The molecule has 1 heterocycles. The maximum atomic E-state index is 6.17. The molecule has 2 N–H and O–H groups in total. The molecule has 3 nitrogen and oxygen atoms in total. The van der Waals surface area contributed by atoms with Crippen LogP contribution in [0.15, 0.2) is 12.3 Å². The van der Waals surface area contributed by atoms with Crippen molar-refractivity contribution < 1.29 is 0 Å². The van der Waals surface area contributed by atoms with Gasteiger partial charge in [0, 0.05) is 18.7 Å². The Hall–Kier alpha value is -0.830. The fourth-order valence-electron chi connectivity index (χ4n) is 2.78. The van der Waals surface area contributed by atoms with E-state index in [1.807, 2.05) is 0 Å². The van der Waals surface area contributed by atoms with Gasteiger partial charge in [-0.25, -0.2) is 0 Å². The third-order valence-corrected chi connectivity index (χ3v) is 3.95. The molecule has 1 saturated carbocycles. The Kier molecular flexibility index (Phi) is 4.81. The van der Waals surface area contributed by atoms with E-state index in [9.17, 15) is 0 Å². The zero-order chi connectivity index (χ0) is 13.0. The van der Waals surface area contributed by atoms with E-state index in [0.29, 0.717) is 6.04 Å². The molecule has 1 atom stereocenters. The summed E-state index contributed by atoms with van der Waals surface area (Å²) in [4.78, 5) is 0. The predicted octanol–water partition coefficient (Wildman–Crippen LogP) is 3.30. The molecule has 0 radical (unpaired) electrons. The van der Waals surface area contributed by atoms with Crippen molar-refractivity contribution in [2.75, 3.05) is 0 Å². The lowest BCUT2D eigenvalue weighted by atomic mass is 10.0. The molecule has 3 heteroatoms. The van der Waals surface area contributed by atoms with E-state index in [1.54, 1.807) is 0 Å². The second-order valence-corrected chi connectivity index (χ2v) is 6.16. The maximum absolute atomic E-state index is 6.17. The summed E-state index contributed by atoms with van der Waals surface area (Å²) in [6, 6.07) is 3.05. The van der Waals surface area contributed by atoms with E-state index >= 15 is 0 Å². The first-order chi connectivity index (χ1) is 8.65. The first kappa shape index (κ1) is 13.6. The van der Waals surface area contributed by atoms with Gasteiger partial charge in [0.2, 0.25) is 0 Å². The molecule has 1 fully saturated rings. The van der Waals surface area contributed by atoms with Gasteiger partial charge in [-0.3, -0.25) is 4.68 Å². The number of rotatable bonds is 6. The summed E-state index contributed by atoms with van der Waals surface area (Å²) in [5.74, 6) is 0.743. The minimum atomic E-state index is 0.263. The first-order valence-electron chi connectivity index (χ1n) is 7.44. The molecular weight excluding hydrogens is 222 g/mol. The summed E-state index contributed by atoms with van der Waals surface area (Å²) in [5.41, 5.74) is 7.33. The van der Waals surface area contributed by atoms with Crippen LogP contribution < -0.4 is 5.73 Å². The summed E-state index contributed by atoms with van der Waals surface area (Å²) in [7, 11) is 0. The van der Waals surface area contributed by atoms with E-state index in [0.717, 1.165) is 24.5 Å². The molecule has 2 rings (SSSR count). The van der Waals surface area contributed by atoms with Gasteiger partial charge in [-0.05, 0) is 37.7 Å². The van der Waals surface area contributed by atoms with Gasteiger partial charge >= 0.3 is 0 Å². The van der Waals surface area contributed by atoms with Gasteiger partial charge in [-0.1, -0.05) is 26.7 Å². The SMILES string of the molecule is CC(C)CCC(N)Cc1ccn(C2CCCC2)n1. The molecule has 0 bridgehead atoms. The van der Waals surface area contributed by atoms with Crippen LogP contribution in [0, 0.1) is 5.92 Å². The quantitative estimate of drug-likeness (QED) is 0.840. The van der Waals surface area contributed by atoms with Crippen molar-refractivity contribution in [3.05, 3.63) is 18.0 Å². The fraction of sp³-hybridized carbons (Fsp3) is 0.800. The number of hydrogen-bond donors (Lipinski definition) is 1. The largest absolute Gasteiger partial charge is 0.327 e. The highest BCUT2D eigenvalue weighted by molar-refractivity contribution is 5.02. The van der Waals surface area contributed by atoms with Gasteiger partial charge in [-0.15, -0.1) is 0 Å². The van der Waals surface area contributed by atoms with E-state index in [-0.39, 0.29) is 6.04 Å². The first-order valence-corrected chi connectivity index (χ1v) is 7.44. The van der Waals surface area contributed by atoms with Gasteiger partial charge < -0.3 is 5.73 Å². The van der Waals surface area contributed by atoms with Crippen molar-refractivity contribution in [2.45, 2.75) is 70.9 Å². The summed E-state index contributed by atoms with van der Waals surface area (Å²) < 4.78 is 2.16. The Morgan fingerprint density at radius 1 is 1.33 bits per heavy atom. The van der Waals surface area contributed by atoms with Crippen molar-refractivity contribution in [1.82, 2.24) is 9.78 Å². The third-order valence-electron chi connectivity index (χ3n) is 3.95. The highest BCUT2D eigenvalue weighted by atomic mass is 15.3. The molecule has 0 aromatic carbocycles. The van der Waals surface area contributed by atoms with E-state index < -0.39 is 0 Å². The number of aromatic nitrogens is 2. The molecule has 102 valence electrons. The van der Waals surface area contributed by atoms with Crippen LogP contribution >= 0.6 is 0 Å². The Bertz CT molecular complexity index is 350. The topological polar surface area (TPSA) is 43.8 Å². The fourth-order valence-corrected chi connectivity index (χ4v) is 2.78. The zero-order valence-electron chi connectivity index (χ0n) is 11.8. The molecule has 18 heavy (non-hydrogen) atoms. The van der Waals surface area contributed by atoms with Crippen LogP contribution in [0.25, 0.3) is 0 Å². The molecule has 0 saturated heterocycles. The summed E-state index contributed by atoms with van der Waals surface area (Å²) in [6.07, 6.45) is 10.7. The lowest BCUT2D eigenvalue weighted by molar-refractivity contribution is 0.455. The van der Waals surface area contributed by atoms with Crippen LogP contribution in [-0.4, -0.2) is 15.8 Å². The normalized spacial score (nSPS) is 18.7. The highest BCUT2D eigenvalue weighted by Crippen LogP contribution is 2.28. The van der Waals surface area contributed by atoms with Crippen LogP contribution in [0.5, 0.6) is 0 Å². The number of nitrogens with two attached hydrogens (primary N) is 1. The van der Waals surface area contributed by atoms with Crippen molar-refractivity contribution in [2.24, 2.45) is 11.7 Å². The predicted molar refractivity (Wildman–Crippen MR) is 75.5 cm³/mol. The second kappa shape index (κ2) is 6.37. The number of hydrogen-bond acceptors (Lipinski definition) is 2. The Balaban J connectivity index is 1.82. The van der Waals surface area contributed by atoms with Gasteiger partial charge in [0.25, 0.3) is 0 Å². The minimum Gasteiger partial charge on any atom is -0.327 e. The van der Waals surface area contributed by atoms with Crippen LogP contribution in [0.3, 0.4) is 0 Å². The smallest absolute Gasteiger partial charge is 0.0640 e. The molecule has 0 amide bonds. The van der Waals surface area contributed by atoms with Crippen molar-refractivity contribution in [1.29, 1.82) is 0 Å². The Morgan fingerprint density at radius 3 is 2.72 bits per heavy atom. The number of nitrogens with zero attached hydrogens (tertiary/aromatic N) is 2. The van der Waals surface area contributed by atoms with Gasteiger partial charge in [0.05, 0.1) is 11.7 Å². The monoisotopic (exact) mass is 249 g/mol. The summed E-state index contributed by atoms with van der Waals surface area (Å²) >= 11 is 0. The van der Waals surface area contributed by atoms with Crippen LogP contribution in [-0.2, 0) is 6.42 Å². The van der Waals surface area contributed by atoms with Crippen molar-refractivity contribution in [3.8, 4) is 0 Å². The summed E-state index contributed by atoms with van der Waals surface area (Å²) in [6.45, 7) is 4.50. The van der Waals surface area contributed by atoms with Gasteiger partial charge in [0.15, 0.2) is 0 Å². The molecule has 1 unspecified atom stereocenters. The molecule has 1 aliphatic rings. The highest BCUT2D eigenvalue weighted by Gasteiger charge is 2.17. The lowest BCUT2D eigenvalue weighted by Crippen LogP contribution is -2.23. The van der Waals surface area contributed by atoms with Gasteiger partial charge in [-0.2, -0.15) is 5.10 Å². The van der Waals surface area contributed by atoms with Crippen LogP contribution in [0.2, 0.25) is 0 Å². The Morgan fingerprint density at radius 2 is 2.06 bits per heavy atom. The van der Waals surface area contributed by atoms with E-state index in [4.69, 9.17) is 10.8 Å². The average molecular weight is 249 g/mol. The minimum absolute atomic E-state index is 0.263.